The lowest BCUT2D eigenvalue weighted by atomic mass is 9.83. The van der Waals surface area contributed by atoms with Gasteiger partial charge in [0.15, 0.2) is 17.3 Å². The van der Waals surface area contributed by atoms with Crippen molar-refractivity contribution in [3.05, 3.63) is 71.8 Å². The van der Waals surface area contributed by atoms with Crippen molar-refractivity contribution in [1.29, 1.82) is 0 Å². The van der Waals surface area contributed by atoms with Crippen LogP contribution in [0.5, 0.6) is 0 Å². The molecule has 3 N–H and O–H groups in total. The molecule has 38 heavy (non-hydrogen) atoms. The number of hydrogen-bond donors (Lipinski definition) is 2. The molecule has 0 saturated carbocycles. The number of carbonyl (C=O) groups is 3. The Balaban J connectivity index is 1.55. The minimum atomic E-state index is -0.976. The first-order valence-corrected chi connectivity index (χ1v) is 13.4. The monoisotopic (exact) mass is 520 g/mol. The van der Waals surface area contributed by atoms with Crippen LogP contribution >= 0.6 is 0 Å². The summed E-state index contributed by atoms with van der Waals surface area (Å²) in [4.78, 5) is 44.7. The molecule has 0 saturated heterocycles. The van der Waals surface area contributed by atoms with Gasteiger partial charge in [-0.15, -0.1) is 0 Å². The highest BCUT2D eigenvalue weighted by molar-refractivity contribution is 6.07. The summed E-state index contributed by atoms with van der Waals surface area (Å²) in [5, 5.41) is 2.66. The average Bonchev–Trinajstić information content (AvgIpc) is 3.17. The molecule has 8 nitrogen and oxygen atoms in total. The van der Waals surface area contributed by atoms with Crippen molar-refractivity contribution in [3.63, 3.8) is 0 Å². The van der Waals surface area contributed by atoms with Gasteiger partial charge in [0.1, 0.15) is 0 Å². The van der Waals surface area contributed by atoms with Crippen LogP contribution in [0.1, 0.15) is 63.5 Å². The Morgan fingerprint density at radius 3 is 2.32 bits per heavy atom. The predicted octanol–water partition coefficient (Wildman–Crippen LogP) is 4.57. The summed E-state index contributed by atoms with van der Waals surface area (Å²) in [6, 6.07) is 18.6. The molecule has 0 aromatic heterocycles. The van der Waals surface area contributed by atoms with Gasteiger partial charge in [-0.25, -0.2) is 9.79 Å². The quantitative estimate of drug-likeness (QED) is 0.354. The fraction of sp³-hybridized carbons (Fsp3) is 0.467. The number of hydrogen-bond acceptors (Lipinski definition) is 6. The zero-order valence-corrected chi connectivity index (χ0v) is 22.7. The van der Waals surface area contributed by atoms with Crippen LogP contribution in [0.15, 0.2) is 65.7 Å². The molecule has 1 unspecified atom stereocenters. The van der Waals surface area contributed by atoms with Gasteiger partial charge in [-0.05, 0) is 49.1 Å². The number of nitrogens with two attached hydrogens (primary N) is 1. The van der Waals surface area contributed by atoms with E-state index in [9.17, 15) is 14.4 Å². The van der Waals surface area contributed by atoms with Crippen LogP contribution in [0.2, 0.25) is 0 Å². The van der Waals surface area contributed by atoms with E-state index < -0.39 is 17.7 Å². The molecule has 0 radical (unpaired) electrons. The molecular weight excluding hydrogens is 480 g/mol. The van der Waals surface area contributed by atoms with E-state index in [-0.39, 0.29) is 17.6 Å². The first-order chi connectivity index (χ1) is 18.3. The van der Waals surface area contributed by atoms with Gasteiger partial charge in [-0.3, -0.25) is 14.5 Å². The minimum Gasteiger partial charge on any atom is -0.453 e. The molecule has 1 aliphatic rings. The van der Waals surface area contributed by atoms with Crippen LogP contribution < -0.4 is 11.1 Å². The maximum Gasteiger partial charge on any atom is 0.407 e. The van der Waals surface area contributed by atoms with Crippen LogP contribution in [-0.4, -0.2) is 48.3 Å². The lowest BCUT2D eigenvalue weighted by molar-refractivity contribution is -0.132. The fourth-order valence-corrected chi connectivity index (χ4v) is 4.77. The average molecular weight is 521 g/mol. The number of nitrogens with zero attached hydrogens (tertiary/aromatic N) is 2. The Labute approximate surface area is 225 Å². The van der Waals surface area contributed by atoms with Crippen LogP contribution in [0.25, 0.3) is 0 Å². The number of unbranched alkanes of at least 4 members (excludes halogenated alkanes) is 2. The highest BCUT2D eigenvalue weighted by Gasteiger charge is 2.48. The second-order valence-electron chi connectivity index (χ2n) is 10.2. The lowest BCUT2D eigenvalue weighted by Gasteiger charge is -2.27. The van der Waals surface area contributed by atoms with Crippen molar-refractivity contribution in [3.8, 4) is 0 Å². The molecule has 3 rings (SSSR count). The molecular formula is C30H40N4O4. The standard InChI is InChI=1S/C30H40N4O4/c1-22(2)18-19-30(24-15-9-5-10-16-24)27(36)34(28(31)33-30)20-12-6-11-17-26(35)25(32-29(37)38-3)21-23-13-7-4-8-14-23/h4-5,7-10,13-16,22,25H,6,11-12,17-21H2,1-3H3,(H2,31,33)(H,32,37)/t25-,30?/m0/s1. The topological polar surface area (TPSA) is 114 Å². The van der Waals surface area contributed by atoms with Crippen molar-refractivity contribution in [2.24, 2.45) is 16.6 Å². The van der Waals surface area contributed by atoms with Gasteiger partial charge in [-0.2, -0.15) is 0 Å². The fourth-order valence-electron chi connectivity index (χ4n) is 4.77. The second-order valence-corrected chi connectivity index (χ2v) is 10.2. The molecule has 0 fully saturated rings. The van der Waals surface area contributed by atoms with Gasteiger partial charge >= 0.3 is 6.09 Å². The van der Waals surface area contributed by atoms with E-state index in [1.54, 1.807) is 4.90 Å². The van der Waals surface area contributed by atoms with Gasteiger partial charge in [0, 0.05) is 13.0 Å². The second kappa shape index (κ2) is 13.7. The van der Waals surface area contributed by atoms with Crippen molar-refractivity contribution in [2.75, 3.05) is 13.7 Å². The number of amides is 2. The van der Waals surface area contributed by atoms with Crippen molar-refractivity contribution < 1.29 is 19.1 Å². The van der Waals surface area contributed by atoms with Crippen molar-refractivity contribution >= 4 is 23.7 Å². The maximum absolute atomic E-state index is 13.6. The number of benzene rings is 2. The summed E-state index contributed by atoms with van der Waals surface area (Å²) in [6.07, 6.45) is 3.64. The van der Waals surface area contributed by atoms with Crippen LogP contribution in [0, 0.1) is 5.92 Å². The number of guanidine groups is 1. The van der Waals surface area contributed by atoms with Crippen LogP contribution in [0.3, 0.4) is 0 Å². The number of nitrogens with one attached hydrogen (secondary N) is 1. The van der Waals surface area contributed by atoms with E-state index in [1.165, 1.54) is 7.11 Å². The lowest BCUT2D eigenvalue weighted by Crippen LogP contribution is -2.43. The van der Waals surface area contributed by atoms with E-state index in [1.807, 2.05) is 60.7 Å². The summed E-state index contributed by atoms with van der Waals surface area (Å²) in [5.41, 5.74) is 7.12. The first-order valence-electron chi connectivity index (χ1n) is 13.4. The van der Waals surface area contributed by atoms with E-state index in [0.717, 1.165) is 24.0 Å². The summed E-state index contributed by atoms with van der Waals surface area (Å²) in [6.45, 7) is 4.72. The van der Waals surface area contributed by atoms with Gasteiger partial charge in [0.2, 0.25) is 0 Å². The molecule has 1 aliphatic heterocycles. The Kier molecular flexibility index (Phi) is 10.4. The number of ketones is 1. The molecule has 1 heterocycles. The maximum atomic E-state index is 13.6. The Morgan fingerprint density at radius 1 is 1.03 bits per heavy atom. The molecule has 204 valence electrons. The summed E-state index contributed by atoms with van der Waals surface area (Å²) < 4.78 is 4.70. The van der Waals surface area contributed by atoms with Crippen molar-refractivity contribution in [2.45, 2.75) is 70.4 Å². The molecule has 0 spiro atoms. The van der Waals surface area contributed by atoms with Gasteiger partial charge in [-0.1, -0.05) is 80.9 Å². The zero-order chi connectivity index (χ0) is 27.5. The Hall–Kier alpha value is -3.68. The van der Waals surface area contributed by atoms with Crippen LogP contribution in [-0.2, 0) is 26.3 Å². The number of carbonyl (C=O) groups excluding carboxylic acids is 3. The third-order valence-corrected chi connectivity index (χ3v) is 6.97. The normalized spacial score (nSPS) is 17.8. The largest absolute Gasteiger partial charge is 0.453 e. The van der Waals surface area contributed by atoms with Crippen molar-refractivity contribution in [1.82, 2.24) is 10.2 Å². The van der Waals surface area contributed by atoms with E-state index in [4.69, 9.17) is 15.5 Å². The Morgan fingerprint density at radius 2 is 1.68 bits per heavy atom. The number of ether oxygens (including phenoxy) is 1. The van der Waals surface area contributed by atoms with E-state index in [0.29, 0.717) is 44.6 Å². The third kappa shape index (κ3) is 7.43. The van der Waals surface area contributed by atoms with Gasteiger partial charge in [0.25, 0.3) is 5.91 Å². The van der Waals surface area contributed by atoms with E-state index in [2.05, 4.69) is 19.2 Å². The smallest absolute Gasteiger partial charge is 0.407 e. The van der Waals surface area contributed by atoms with Crippen LogP contribution in [0.4, 0.5) is 4.79 Å². The molecule has 2 atom stereocenters. The molecule has 0 aliphatic carbocycles. The number of alkyl carbamates (subject to hydrolysis) is 1. The molecule has 2 aromatic carbocycles. The predicted molar refractivity (Wildman–Crippen MR) is 148 cm³/mol. The highest BCUT2D eigenvalue weighted by atomic mass is 16.5. The summed E-state index contributed by atoms with van der Waals surface area (Å²) >= 11 is 0. The zero-order valence-electron chi connectivity index (χ0n) is 22.7. The number of rotatable bonds is 14. The Bertz CT molecular complexity index is 1100. The number of Topliss-reactive ketones (excluding diaryl/α,β-unsaturated/α-hetero) is 1. The van der Waals surface area contributed by atoms with Gasteiger partial charge < -0.3 is 15.8 Å². The SMILES string of the molecule is COC(=O)N[C@@H](Cc1ccccc1)C(=O)CCCCCN1C(=O)C(CCC(C)C)(c2ccccc2)N=C1N. The third-order valence-electron chi connectivity index (χ3n) is 6.97. The molecule has 0 bridgehead atoms. The molecule has 8 heteroatoms. The number of methoxy groups -OCH3 is 1. The summed E-state index contributed by atoms with van der Waals surface area (Å²) in [5.74, 6) is 0.562. The van der Waals surface area contributed by atoms with Gasteiger partial charge in [0.05, 0.1) is 13.2 Å². The number of aliphatic imine (C=N–C) groups is 1. The van der Waals surface area contributed by atoms with E-state index >= 15 is 0 Å². The molecule has 2 amide bonds. The first kappa shape index (κ1) is 28.9. The molecule has 2 aromatic rings. The summed E-state index contributed by atoms with van der Waals surface area (Å²) in [7, 11) is 1.28. The highest BCUT2D eigenvalue weighted by Crippen LogP contribution is 2.38. The minimum absolute atomic E-state index is 0.0469.